The summed E-state index contributed by atoms with van der Waals surface area (Å²) in [6.07, 6.45) is 1.65. The molecule has 2 heterocycles. The van der Waals surface area contributed by atoms with E-state index in [2.05, 4.69) is 37.0 Å². The molecule has 0 aliphatic carbocycles. The van der Waals surface area contributed by atoms with Gasteiger partial charge in [0.15, 0.2) is 0 Å². The van der Waals surface area contributed by atoms with Crippen molar-refractivity contribution >= 4 is 31.9 Å². The van der Waals surface area contributed by atoms with Crippen molar-refractivity contribution in [2.24, 2.45) is 0 Å². The van der Waals surface area contributed by atoms with Gasteiger partial charge in [0.25, 0.3) is 0 Å². The van der Waals surface area contributed by atoms with Crippen LogP contribution in [0, 0.1) is 0 Å². The van der Waals surface area contributed by atoms with E-state index in [1.54, 1.807) is 6.26 Å². The SMILES string of the molecule is Brc1cc(Br)n(Cc2ccco2)n1. The molecule has 0 saturated heterocycles. The maximum absolute atomic E-state index is 5.20. The van der Waals surface area contributed by atoms with Gasteiger partial charge in [-0.15, -0.1) is 0 Å². The maximum atomic E-state index is 5.20. The van der Waals surface area contributed by atoms with Gasteiger partial charge in [-0.1, -0.05) is 0 Å². The lowest BCUT2D eigenvalue weighted by Gasteiger charge is -1.98. The van der Waals surface area contributed by atoms with Crippen molar-refractivity contribution in [1.29, 1.82) is 0 Å². The van der Waals surface area contributed by atoms with E-state index in [-0.39, 0.29) is 0 Å². The van der Waals surface area contributed by atoms with E-state index < -0.39 is 0 Å². The van der Waals surface area contributed by atoms with Gasteiger partial charge in [0, 0.05) is 6.07 Å². The minimum Gasteiger partial charge on any atom is -0.467 e. The minimum absolute atomic E-state index is 0.638. The zero-order valence-corrected chi connectivity index (χ0v) is 9.75. The normalized spacial score (nSPS) is 10.6. The van der Waals surface area contributed by atoms with Crippen LogP contribution in [-0.4, -0.2) is 9.78 Å². The number of hydrogen-bond donors (Lipinski definition) is 0. The van der Waals surface area contributed by atoms with Crippen molar-refractivity contribution in [3.05, 3.63) is 39.4 Å². The fourth-order valence-electron chi connectivity index (χ4n) is 1.03. The molecule has 5 heteroatoms. The Balaban J connectivity index is 2.23. The lowest BCUT2D eigenvalue weighted by atomic mass is 10.4. The molecule has 68 valence electrons. The fraction of sp³-hybridized carbons (Fsp3) is 0.125. The van der Waals surface area contributed by atoms with Crippen LogP contribution in [0.2, 0.25) is 0 Å². The summed E-state index contributed by atoms with van der Waals surface area (Å²) in [5, 5.41) is 4.21. The largest absolute Gasteiger partial charge is 0.467 e. The first-order valence-electron chi connectivity index (χ1n) is 3.67. The third-order valence-corrected chi connectivity index (χ3v) is 2.61. The van der Waals surface area contributed by atoms with Gasteiger partial charge in [0.05, 0.1) is 6.26 Å². The topological polar surface area (TPSA) is 31.0 Å². The molecule has 0 spiro atoms. The summed E-state index contributed by atoms with van der Waals surface area (Å²) in [5.41, 5.74) is 0. The Hall–Kier alpha value is -0.550. The minimum atomic E-state index is 0.638. The molecule has 0 aromatic carbocycles. The summed E-state index contributed by atoms with van der Waals surface area (Å²) < 4.78 is 8.75. The van der Waals surface area contributed by atoms with E-state index in [0.29, 0.717) is 6.54 Å². The smallest absolute Gasteiger partial charge is 0.129 e. The Morgan fingerprint density at radius 2 is 2.31 bits per heavy atom. The Kier molecular flexibility index (Phi) is 2.55. The summed E-state index contributed by atoms with van der Waals surface area (Å²) in [5.74, 6) is 0.885. The van der Waals surface area contributed by atoms with Crippen LogP contribution in [0.3, 0.4) is 0 Å². The highest BCUT2D eigenvalue weighted by atomic mass is 79.9. The van der Waals surface area contributed by atoms with E-state index in [1.165, 1.54) is 0 Å². The number of aromatic nitrogens is 2. The van der Waals surface area contributed by atoms with Gasteiger partial charge >= 0.3 is 0 Å². The van der Waals surface area contributed by atoms with Crippen molar-refractivity contribution in [3.8, 4) is 0 Å². The van der Waals surface area contributed by atoms with Gasteiger partial charge in [0.1, 0.15) is 21.5 Å². The van der Waals surface area contributed by atoms with Crippen molar-refractivity contribution in [3.63, 3.8) is 0 Å². The van der Waals surface area contributed by atoms with Crippen molar-refractivity contribution < 1.29 is 4.42 Å². The molecule has 0 bridgehead atoms. The number of rotatable bonds is 2. The average Bonchev–Trinajstić information content (AvgIpc) is 2.63. The first kappa shape index (κ1) is 9.02. The molecule has 0 aliphatic heterocycles. The highest BCUT2D eigenvalue weighted by Gasteiger charge is 2.04. The third kappa shape index (κ3) is 2.03. The van der Waals surface area contributed by atoms with E-state index in [4.69, 9.17) is 4.42 Å². The fourth-order valence-corrected chi connectivity index (χ4v) is 2.16. The van der Waals surface area contributed by atoms with E-state index >= 15 is 0 Å². The molecular weight excluding hydrogens is 300 g/mol. The predicted molar refractivity (Wildman–Crippen MR) is 55.4 cm³/mol. The zero-order valence-electron chi connectivity index (χ0n) is 6.58. The summed E-state index contributed by atoms with van der Waals surface area (Å²) in [6.45, 7) is 0.638. The van der Waals surface area contributed by atoms with Crippen LogP contribution in [0.4, 0.5) is 0 Å². The van der Waals surface area contributed by atoms with Gasteiger partial charge in [0.2, 0.25) is 0 Å². The molecular formula is C8H6Br2N2O. The van der Waals surface area contributed by atoms with Gasteiger partial charge < -0.3 is 4.42 Å². The van der Waals surface area contributed by atoms with Crippen LogP contribution < -0.4 is 0 Å². The van der Waals surface area contributed by atoms with Gasteiger partial charge in [-0.05, 0) is 44.0 Å². The van der Waals surface area contributed by atoms with Crippen molar-refractivity contribution in [2.45, 2.75) is 6.54 Å². The molecule has 2 aromatic rings. The summed E-state index contributed by atoms with van der Waals surface area (Å²) in [6, 6.07) is 5.67. The third-order valence-electron chi connectivity index (χ3n) is 1.59. The van der Waals surface area contributed by atoms with Crippen LogP contribution >= 0.6 is 31.9 Å². The van der Waals surface area contributed by atoms with Crippen LogP contribution in [0.5, 0.6) is 0 Å². The number of halogens is 2. The number of furan rings is 1. The Morgan fingerprint density at radius 1 is 1.46 bits per heavy atom. The van der Waals surface area contributed by atoms with Crippen molar-refractivity contribution in [2.75, 3.05) is 0 Å². The van der Waals surface area contributed by atoms with Gasteiger partial charge in [-0.2, -0.15) is 5.10 Å². The molecule has 0 unspecified atom stereocenters. The van der Waals surface area contributed by atoms with E-state index in [9.17, 15) is 0 Å². The summed E-state index contributed by atoms with van der Waals surface area (Å²) in [4.78, 5) is 0. The average molecular weight is 306 g/mol. The monoisotopic (exact) mass is 304 g/mol. The van der Waals surface area contributed by atoms with E-state index in [0.717, 1.165) is 15.0 Å². The molecule has 13 heavy (non-hydrogen) atoms. The second-order valence-corrected chi connectivity index (χ2v) is 4.15. The summed E-state index contributed by atoms with van der Waals surface area (Å²) in [7, 11) is 0. The number of nitrogens with zero attached hydrogens (tertiary/aromatic N) is 2. The van der Waals surface area contributed by atoms with Gasteiger partial charge in [-0.3, -0.25) is 0 Å². The second kappa shape index (κ2) is 3.67. The zero-order chi connectivity index (χ0) is 9.26. The van der Waals surface area contributed by atoms with E-state index in [1.807, 2.05) is 22.9 Å². The molecule has 0 radical (unpaired) electrons. The first-order valence-corrected chi connectivity index (χ1v) is 5.25. The molecule has 2 rings (SSSR count). The highest BCUT2D eigenvalue weighted by molar-refractivity contribution is 9.11. The quantitative estimate of drug-likeness (QED) is 0.854. The lowest BCUT2D eigenvalue weighted by Crippen LogP contribution is -2.00. The summed E-state index contributed by atoms with van der Waals surface area (Å²) >= 11 is 6.69. The van der Waals surface area contributed by atoms with Crippen LogP contribution in [0.1, 0.15) is 5.76 Å². The molecule has 0 fully saturated rings. The Morgan fingerprint density at radius 3 is 2.85 bits per heavy atom. The lowest BCUT2D eigenvalue weighted by molar-refractivity contribution is 0.476. The van der Waals surface area contributed by atoms with Crippen molar-refractivity contribution in [1.82, 2.24) is 9.78 Å². The van der Waals surface area contributed by atoms with Crippen LogP contribution in [0.15, 0.2) is 38.1 Å². The number of hydrogen-bond acceptors (Lipinski definition) is 2. The van der Waals surface area contributed by atoms with Crippen LogP contribution in [-0.2, 0) is 6.54 Å². The van der Waals surface area contributed by atoms with Crippen LogP contribution in [0.25, 0.3) is 0 Å². The molecule has 0 amide bonds. The Labute approximate surface area is 92.0 Å². The predicted octanol–water partition coefficient (Wildman–Crippen LogP) is 3.05. The molecule has 2 aromatic heterocycles. The molecule has 3 nitrogen and oxygen atoms in total. The standard InChI is InChI=1S/C8H6Br2N2O/c9-7-4-8(10)12(11-7)5-6-2-1-3-13-6/h1-4H,5H2. The van der Waals surface area contributed by atoms with Gasteiger partial charge in [-0.25, -0.2) is 4.68 Å². The maximum Gasteiger partial charge on any atom is 0.129 e. The first-order chi connectivity index (χ1) is 6.25. The molecule has 0 saturated carbocycles. The second-order valence-electron chi connectivity index (χ2n) is 2.53. The highest BCUT2D eigenvalue weighted by Crippen LogP contribution is 2.17. The molecule has 0 atom stereocenters. The Bertz CT molecular complexity index is 394. The molecule has 0 N–H and O–H groups in total. The molecule has 0 aliphatic rings.